The lowest BCUT2D eigenvalue weighted by Crippen LogP contribution is -2.51. The largest absolute Gasteiger partial charge is 0.497 e. The highest BCUT2D eigenvalue weighted by Crippen LogP contribution is 2.64. The number of methoxy groups -OCH3 is 1. The molecular weight excluding hydrogens is 312 g/mol. The molecule has 3 fully saturated rings. The predicted octanol–water partition coefficient (Wildman–Crippen LogP) is 4.37. The van der Waals surface area contributed by atoms with Crippen LogP contribution in [0.2, 0.25) is 0 Å². The van der Waals surface area contributed by atoms with Crippen LogP contribution in [0.1, 0.15) is 50.2 Å². The van der Waals surface area contributed by atoms with E-state index in [0.717, 1.165) is 43.1 Å². The molecule has 5 rings (SSSR count). The minimum absolute atomic E-state index is 0.207. The van der Waals surface area contributed by atoms with Crippen LogP contribution in [-0.4, -0.2) is 26.1 Å². The summed E-state index contributed by atoms with van der Waals surface area (Å²) in [5.41, 5.74) is 3.27. The molecule has 0 aromatic heterocycles. The highest BCUT2D eigenvalue weighted by Gasteiger charge is 2.64. The number of fused-ring (bicyclic) bond motifs is 5. The van der Waals surface area contributed by atoms with Gasteiger partial charge in [0.05, 0.1) is 20.3 Å². The lowest BCUT2D eigenvalue weighted by molar-refractivity contribution is -0.238. The predicted molar refractivity (Wildman–Crippen MR) is 96.7 cm³/mol. The zero-order valence-electron chi connectivity index (χ0n) is 15.6. The molecule has 1 aromatic rings. The van der Waals surface area contributed by atoms with Gasteiger partial charge in [0.1, 0.15) is 5.75 Å². The van der Waals surface area contributed by atoms with E-state index >= 15 is 0 Å². The molecule has 0 bridgehead atoms. The van der Waals surface area contributed by atoms with E-state index in [2.05, 4.69) is 25.1 Å². The van der Waals surface area contributed by atoms with Crippen molar-refractivity contribution in [3.05, 3.63) is 29.3 Å². The molecule has 4 aliphatic rings. The van der Waals surface area contributed by atoms with Crippen LogP contribution in [0.25, 0.3) is 0 Å². The minimum Gasteiger partial charge on any atom is -0.497 e. The Labute approximate surface area is 151 Å². The second-order valence-corrected chi connectivity index (χ2v) is 8.85. The Morgan fingerprint density at radius 3 is 2.68 bits per heavy atom. The average molecular weight is 342 g/mol. The van der Waals surface area contributed by atoms with Crippen molar-refractivity contribution >= 4 is 0 Å². The van der Waals surface area contributed by atoms with Crippen molar-refractivity contribution in [2.45, 2.75) is 57.7 Å². The van der Waals surface area contributed by atoms with Crippen LogP contribution in [-0.2, 0) is 22.3 Å². The molecule has 1 saturated heterocycles. The van der Waals surface area contributed by atoms with Gasteiger partial charge in [0.15, 0.2) is 5.79 Å². The van der Waals surface area contributed by atoms with E-state index in [1.54, 1.807) is 12.7 Å². The van der Waals surface area contributed by atoms with Crippen LogP contribution >= 0.6 is 0 Å². The third-order valence-corrected chi connectivity index (χ3v) is 8.03. The monoisotopic (exact) mass is 342 g/mol. The zero-order valence-corrected chi connectivity index (χ0v) is 15.6. The molecule has 3 heteroatoms. The molecule has 3 aliphatic carbocycles. The van der Waals surface area contributed by atoms with Crippen LogP contribution in [0, 0.1) is 23.2 Å². The second kappa shape index (κ2) is 5.72. The maximum Gasteiger partial charge on any atom is 0.174 e. The summed E-state index contributed by atoms with van der Waals surface area (Å²) in [5.74, 6) is 3.11. The third-order valence-electron chi connectivity index (χ3n) is 8.03. The van der Waals surface area contributed by atoms with E-state index in [9.17, 15) is 0 Å². The molecule has 0 radical (unpaired) electrons. The Morgan fingerprint density at radius 2 is 1.88 bits per heavy atom. The fourth-order valence-electron chi connectivity index (χ4n) is 6.71. The summed E-state index contributed by atoms with van der Waals surface area (Å²) >= 11 is 0. The Kier molecular flexibility index (Phi) is 3.69. The van der Waals surface area contributed by atoms with Gasteiger partial charge in [0.2, 0.25) is 0 Å². The zero-order chi connectivity index (χ0) is 17.1. The van der Waals surface area contributed by atoms with E-state index in [1.807, 2.05) is 0 Å². The van der Waals surface area contributed by atoms with E-state index in [-0.39, 0.29) is 11.2 Å². The van der Waals surface area contributed by atoms with E-state index in [1.165, 1.54) is 44.1 Å². The van der Waals surface area contributed by atoms with Gasteiger partial charge in [-0.1, -0.05) is 13.0 Å². The fraction of sp³-hybridized carbons (Fsp3) is 0.727. The first-order valence-corrected chi connectivity index (χ1v) is 10.1. The van der Waals surface area contributed by atoms with Gasteiger partial charge in [-0.2, -0.15) is 0 Å². The summed E-state index contributed by atoms with van der Waals surface area (Å²) in [5, 5.41) is 0. The standard InChI is InChI=1S/C22H30O3/c1-21-9-7-17-13-15-3-5-18(23-2)14-16(15)4-6-19(17)20(21)8-10-22(21)24-11-12-25-22/h3,5,14,17,19-20H,4,6-13H2,1-2H3/t17-,19-,20+,21+/m1/s1. The molecule has 1 spiro atoms. The van der Waals surface area contributed by atoms with Crippen molar-refractivity contribution in [3.63, 3.8) is 0 Å². The summed E-state index contributed by atoms with van der Waals surface area (Å²) in [6, 6.07) is 6.71. The van der Waals surface area contributed by atoms with Gasteiger partial charge in [-0.25, -0.2) is 0 Å². The summed E-state index contributed by atoms with van der Waals surface area (Å²) in [6.07, 6.45) is 8.68. The number of hydrogen-bond acceptors (Lipinski definition) is 3. The van der Waals surface area contributed by atoms with Crippen LogP contribution in [0.4, 0.5) is 0 Å². The van der Waals surface area contributed by atoms with Gasteiger partial charge in [0.25, 0.3) is 0 Å². The number of hydrogen-bond donors (Lipinski definition) is 0. The summed E-state index contributed by atoms with van der Waals surface area (Å²) in [7, 11) is 1.77. The molecule has 0 amide bonds. The van der Waals surface area contributed by atoms with Gasteiger partial charge in [-0.15, -0.1) is 0 Å². The lowest BCUT2D eigenvalue weighted by atomic mass is 9.57. The van der Waals surface area contributed by atoms with Crippen LogP contribution in [0.15, 0.2) is 18.2 Å². The quantitative estimate of drug-likeness (QED) is 0.758. The number of benzene rings is 1. The van der Waals surface area contributed by atoms with Crippen LogP contribution < -0.4 is 4.74 Å². The molecule has 0 N–H and O–H groups in total. The van der Waals surface area contributed by atoms with E-state index < -0.39 is 0 Å². The Morgan fingerprint density at radius 1 is 1.04 bits per heavy atom. The van der Waals surface area contributed by atoms with Crippen molar-refractivity contribution in [2.24, 2.45) is 23.2 Å². The number of ether oxygens (including phenoxy) is 3. The third kappa shape index (κ3) is 2.24. The normalized spacial score (nSPS) is 38.7. The fourth-order valence-corrected chi connectivity index (χ4v) is 6.71. The van der Waals surface area contributed by atoms with Crippen molar-refractivity contribution in [2.75, 3.05) is 20.3 Å². The van der Waals surface area contributed by atoms with Crippen molar-refractivity contribution in [1.29, 1.82) is 0 Å². The molecule has 2 saturated carbocycles. The number of rotatable bonds is 1. The highest BCUT2D eigenvalue weighted by molar-refractivity contribution is 5.37. The van der Waals surface area contributed by atoms with Crippen molar-refractivity contribution in [3.8, 4) is 5.75 Å². The first-order valence-electron chi connectivity index (χ1n) is 10.1. The number of aryl methyl sites for hydroxylation is 1. The Bertz CT molecular complexity index is 663. The highest BCUT2D eigenvalue weighted by atomic mass is 16.7. The summed E-state index contributed by atoms with van der Waals surface area (Å²) in [6.45, 7) is 4.02. The molecule has 25 heavy (non-hydrogen) atoms. The molecule has 1 aromatic carbocycles. The first-order chi connectivity index (χ1) is 12.2. The Hall–Kier alpha value is -1.06. The van der Waals surface area contributed by atoms with E-state index in [0.29, 0.717) is 0 Å². The average Bonchev–Trinajstić information content (AvgIpc) is 3.16. The summed E-state index contributed by atoms with van der Waals surface area (Å²) < 4.78 is 17.9. The van der Waals surface area contributed by atoms with Gasteiger partial charge < -0.3 is 14.2 Å². The molecule has 0 unspecified atom stereocenters. The topological polar surface area (TPSA) is 27.7 Å². The van der Waals surface area contributed by atoms with Crippen molar-refractivity contribution in [1.82, 2.24) is 0 Å². The van der Waals surface area contributed by atoms with Gasteiger partial charge in [-0.05, 0) is 79.5 Å². The maximum atomic E-state index is 6.24. The SMILES string of the molecule is COc1ccc2c(c1)CC[C@@H]1[C@H](CC[C@@]3(C)[C@H]1CCC31OCCO1)C2. The smallest absolute Gasteiger partial charge is 0.174 e. The minimum atomic E-state index is -0.273. The molecule has 136 valence electrons. The molecular formula is C22H30O3. The lowest BCUT2D eigenvalue weighted by Gasteiger charge is -2.51. The summed E-state index contributed by atoms with van der Waals surface area (Å²) in [4.78, 5) is 0. The van der Waals surface area contributed by atoms with Gasteiger partial charge in [0, 0.05) is 11.8 Å². The Balaban J connectivity index is 1.44. The van der Waals surface area contributed by atoms with Crippen LogP contribution in [0.3, 0.4) is 0 Å². The van der Waals surface area contributed by atoms with E-state index in [4.69, 9.17) is 14.2 Å². The van der Waals surface area contributed by atoms with Gasteiger partial charge in [-0.3, -0.25) is 0 Å². The molecule has 3 nitrogen and oxygen atoms in total. The molecule has 4 atom stereocenters. The van der Waals surface area contributed by atoms with Gasteiger partial charge >= 0.3 is 0 Å². The molecule has 1 aliphatic heterocycles. The second-order valence-electron chi connectivity index (χ2n) is 8.85. The first kappa shape index (κ1) is 16.1. The van der Waals surface area contributed by atoms with Crippen LogP contribution in [0.5, 0.6) is 5.75 Å². The molecule has 1 heterocycles. The maximum absolute atomic E-state index is 6.24. The van der Waals surface area contributed by atoms with Crippen molar-refractivity contribution < 1.29 is 14.2 Å².